The molecule has 3 N–H and O–H groups in total. The van der Waals surface area contributed by atoms with Crippen LogP contribution in [0.2, 0.25) is 0 Å². The standard InChI is InChI=1S/C31H41BN6O/c1-22-7-10-26(11-8-22)37-19-17-36(18-20-37)21-25-13-15-38(16-14-25)29-6-4-5-28(35-32)30(29)31(39)34-27-12-9-23(2)33-24(27)3/h4-8,10-11,25,27,33,35H,2-3,9,12-21H2,1H3,(H,34,39). The van der Waals surface area contributed by atoms with Gasteiger partial charge >= 0.3 is 0 Å². The Labute approximate surface area is 234 Å². The van der Waals surface area contributed by atoms with Crippen molar-refractivity contribution < 1.29 is 4.79 Å². The number of piperazine rings is 1. The van der Waals surface area contributed by atoms with Crippen molar-refractivity contribution in [2.24, 2.45) is 5.92 Å². The number of piperidine rings is 2. The van der Waals surface area contributed by atoms with E-state index in [1.54, 1.807) is 0 Å². The molecule has 0 saturated carbocycles. The fraction of sp³-hybridized carbons (Fsp3) is 0.452. The molecule has 2 aromatic carbocycles. The van der Waals surface area contributed by atoms with E-state index in [4.69, 9.17) is 7.98 Å². The van der Waals surface area contributed by atoms with Gasteiger partial charge in [0.2, 0.25) is 7.98 Å². The second-order valence-electron chi connectivity index (χ2n) is 11.2. The average Bonchev–Trinajstić information content (AvgIpc) is 2.95. The molecule has 2 radical (unpaired) electrons. The van der Waals surface area contributed by atoms with Crippen LogP contribution < -0.4 is 25.7 Å². The Bertz CT molecular complexity index is 1180. The quantitative estimate of drug-likeness (QED) is 0.476. The van der Waals surface area contributed by atoms with Gasteiger partial charge in [-0.2, -0.15) is 0 Å². The van der Waals surface area contributed by atoms with Gasteiger partial charge in [-0.1, -0.05) is 36.9 Å². The highest BCUT2D eigenvalue weighted by Crippen LogP contribution is 2.32. The molecule has 5 rings (SSSR count). The van der Waals surface area contributed by atoms with Crippen LogP contribution in [-0.2, 0) is 0 Å². The van der Waals surface area contributed by atoms with Crippen LogP contribution in [0.4, 0.5) is 17.1 Å². The molecular formula is C31H41BN6O. The summed E-state index contributed by atoms with van der Waals surface area (Å²) in [6.07, 6.45) is 3.83. The van der Waals surface area contributed by atoms with Gasteiger partial charge in [-0.3, -0.25) is 9.69 Å². The lowest BCUT2D eigenvalue weighted by Crippen LogP contribution is -2.49. The highest BCUT2D eigenvalue weighted by Gasteiger charge is 2.29. The molecule has 204 valence electrons. The molecule has 1 amide bonds. The number of nitrogens with one attached hydrogen (secondary N) is 3. The molecule has 0 aliphatic carbocycles. The summed E-state index contributed by atoms with van der Waals surface area (Å²) in [5.74, 6) is 0.539. The molecule has 1 atom stereocenters. The number of hydrogen-bond acceptors (Lipinski definition) is 6. The smallest absolute Gasteiger partial charge is 0.255 e. The molecule has 3 saturated heterocycles. The third-order valence-electron chi connectivity index (χ3n) is 8.47. The maximum atomic E-state index is 13.5. The molecule has 39 heavy (non-hydrogen) atoms. The molecule has 3 heterocycles. The van der Waals surface area contributed by atoms with Crippen LogP contribution in [0.5, 0.6) is 0 Å². The lowest BCUT2D eigenvalue weighted by molar-refractivity contribution is 0.0939. The van der Waals surface area contributed by atoms with E-state index in [-0.39, 0.29) is 11.9 Å². The number of benzene rings is 2. The summed E-state index contributed by atoms with van der Waals surface area (Å²) in [5, 5.41) is 9.09. The summed E-state index contributed by atoms with van der Waals surface area (Å²) < 4.78 is 0. The highest BCUT2D eigenvalue weighted by molar-refractivity contribution is 6.19. The number of aryl methyl sites for hydroxylation is 1. The van der Waals surface area contributed by atoms with E-state index < -0.39 is 0 Å². The molecule has 0 bridgehead atoms. The number of rotatable bonds is 7. The first kappa shape index (κ1) is 27.2. The molecule has 2 aromatic rings. The van der Waals surface area contributed by atoms with E-state index in [2.05, 4.69) is 74.9 Å². The largest absolute Gasteiger partial charge is 0.437 e. The summed E-state index contributed by atoms with van der Waals surface area (Å²) in [7, 11) is 5.85. The number of nitrogens with zero attached hydrogens (tertiary/aromatic N) is 3. The van der Waals surface area contributed by atoms with Gasteiger partial charge in [0.1, 0.15) is 0 Å². The molecule has 1 unspecified atom stereocenters. The van der Waals surface area contributed by atoms with E-state index >= 15 is 0 Å². The van der Waals surface area contributed by atoms with E-state index in [1.807, 2.05) is 18.2 Å². The van der Waals surface area contributed by atoms with Crippen LogP contribution in [0.15, 0.2) is 67.0 Å². The van der Waals surface area contributed by atoms with E-state index in [1.165, 1.54) is 11.3 Å². The molecule has 3 aliphatic heterocycles. The van der Waals surface area contributed by atoms with Crippen molar-refractivity contribution in [3.05, 3.63) is 78.1 Å². The van der Waals surface area contributed by atoms with Gasteiger partial charge in [0.25, 0.3) is 5.91 Å². The number of allylic oxidation sites excluding steroid dienone is 1. The minimum atomic E-state index is -0.140. The monoisotopic (exact) mass is 524 g/mol. The first-order valence-electron chi connectivity index (χ1n) is 14.2. The number of hydrogen-bond donors (Lipinski definition) is 3. The van der Waals surface area contributed by atoms with Crippen LogP contribution in [0.1, 0.15) is 41.6 Å². The van der Waals surface area contributed by atoms with Gasteiger partial charge in [0.05, 0.1) is 17.3 Å². The number of amides is 1. The second-order valence-corrected chi connectivity index (χ2v) is 11.2. The number of carbonyl (C=O) groups is 1. The first-order valence-corrected chi connectivity index (χ1v) is 14.2. The Morgan fingerprint density at radius 2 is 1.69 bits per heavy atom. The second kappa shape index (κ2) is 12.2. The summed E-state index contributed by atoms with van der Waals surface area (Å²) >= 11 is 0. The van der Waals surface area contributed by atoms with Crippen LogP contribution in [-0.4, -0.2) is 70.6 Å². The molecule has 0 aromatic heterocycles. The fourth-order valence-electron chi connectivity index (χ4n) is 6.09. The number of carbonyl (C=O) groups excluding carboxylic acids is 1. The van der Waals surface area contributed by atoms with E-state index in [9.17, 15) is 4.79 Å². The van der Waals surface area contributed by atoms with Crippen LogP contribution in [0.3, 0.4) is 0 Å². The van der Waals surface area contributed by atoms with Crippen molar-refractivity contribution in [2.75, 3.05) is 60.8 Å². The van der Waals surface area contributed by atoms with Gasteiger partial charge in [-0.25, -0.2) is 0 Å². The zero-order valence-electron chi connectivity index (χ0n) is 23.2. The lowest BCUT2D eigenvalue weighted by atomic mass is 9.94. The zero-order valence-corrected chi connectivity index (χ0v) is 23.2. The Morgan fingerprint density at radius 1 is 0.974 bits per heavy atom. The Morgan fingerprint density at radius 3 is 2.36 bits per heavy atom. The van der Waals surface area contributed by atoms with Crippen molar-refractivity contribution in [1.29, 1.82) is 0 Å². The molecule has 3 aliphatic rings. The van der Waals surface area contributed by atoms with Crippen LogP contribution >= 0.6 is 0 Å². The van der Waals surface area contributed by atoms with Gasteiger partial charge < -0.3 is 25.7 Å². The van der Waals surface area contributed by atoms with Crippen molar-refractivity contribution in [2.45, 2.75) is 38.6 Å². The van der Waals surface area contributed by atoms with Crippen molar-refractivity contribution >= 4 is 31.0 Å². The van der Waals surface area contributed by atoms with Crippen molar-refractivity contribution in [3.63, 3.8) is 0 Å². The summed E-state index contributed by atoms with van der Waals surface area (Å²) in [4.78, 5) is 21.0. The predicted molar refractivity (Wildman–Crippen MR) is 162 cm³/mol. The third-order valence-corrected chi connectivity index (χ3v) is 8.47. The predicted octanol–water partition coefficient (Wildman–Crippen LogP) is 4.04. The Hall–Kier alpha value is -3.39. The van der Waals surface area contributed by atoms with Gasteiger partial charge in [-0.05, 0) is 62.8 Å². The first-order chi connectivity index (χ1) is 18.9. The molecular weight excluding hydrogens is 483 g/mol. The fourth-order valence-corrected chi connectivity index (χ4v) is 6.09. The SMILES string of the molecule is [B]Nc1cccc(N2CCC(CN3CCN(c4ccc(C)cc4)CC3)CC2)c1C(=O)NC1CCC(=C)NC1=C. The summed E-state index contributed by atoms with van der Waals surface area (Å²) in [6, 6.07) is 14.6. The normalized spacial score (nSPS) is 21.0. The number of anilines is 3. The molecule has 3 fully saturated rings. The summed E-state index contributed by atoms with van der Waals surface area (Å²) in [5.41, 5.74) is 6.52. The minimum Gasteiger partial charge on any atom is -0.437 e. The highest BCUT2D eigenvalue weighted by atomic mass is 16.1. The zero-order chi connectivity index (χ0) is 27.4. The third kappa shape index (κ3) is 6.44. The van der Waals surface area contributed by atoms with Crippen molar-refractivity contribution in [3.8, 4) is 0 Å². The van der Waals surface area contributed by atoms with E-state index in [0.29, 0.717) is 17.2 Å². The van der Waals surface area contributed by atoms with Gasteiger partial charge in [0.15, 0.2) is 0 Å². The maximum Gasteiger partial charge on any atom is 0.255 e. The minimum absolute atomic E-state index is 0.132. The lowest BCUT2D eigenvalue weighted by Gasteiger charge is -2.40. The Balaban J connectivity index is 1.16. The van der Waals surface area contributed by atoms with Gasteiger partial charge in [0, 0.05) is 68.6 Å². The molecule has 8 heteroatoms. The van der Waals surface area contributed by atoms with Gasteiger partial charge in [-0.15, -0.1) is 0 Å². The maximum absolute atomic E-state index is 13.5. The summed E-state index contributed by atoms with van der Waals surface area (Å²) in [6.45, 7) is 17.6. The van der Waals surface area contributed by atoms with Crippen LogP contribution in [0.25, 0.3) is 0 Å². The van der Waals surface area contributed by atoms with E-state index in [0.717, 1.165) is 88.6 Å². The van der Waals surface area contributed by atoms with Crippen LogP contribution in [0, 0.1) is 12.8 Å². The van der Waals surface area contributed by atoms with Crippen molar-refractivity contribution in [1.82, 2.24) is 15.5 Å². The topological polar surface area (TPSA) is 62.9 Å². The average molecular weight is 525 g/mol. The Kier molecular flexibility index (Phi) is 8.51. The molecule has 7 nitrogen and oxygen atoms in total. The molecule has 0 spiro atoms.